The standard InChI is InChI=1S/C31H34N4O2/c1-20-30-26(12-14-32-20)24-10-8-22(36-3)18-28(24)34(30)16-6-5-7-17-35-29-19-23(37-4)9-11-25(29)27-13-15-33-21(2)31(27)35/h8-12,14,18-19H,5-7,13,15-17H2,1-4H3. The topological polar surface area (TPSA) is 53.6 Å². The van der Waals surface area contributed by atoms with E-state index >= 15 is 0 Å². The summed E-state index contributed by atoms with van der Waals surface area (Å²) in [6, 6.07) is 15.0. The third kappa shape index (κ3) is 3.95. The third-order valence-corrected chi connectivity index (χ3v) is 7.86. The first kappa shape index (κ1) is 23.6. The van der Waals surface area contributed by atoms with Gasteiger partial charge >= 0.3 is 0 Å². The van der Waals surface area contributed by atoms with E-state index in [9.17, 15) is 0 Å². The number of unbranched alkanes of at least 4 members (excludes halogenated alkanes) is 2. The number of nitrogens with zero attached hydrogens (tertiary/aromatic N) is 4. The summed E-state index contributed by atoms with van der Waals surface area (Å²) in [5, 5.41) is 3.86. The molecule has 0 radical (unpaired) electrons. The predicted molar refractivity (Wildman–Crippen MR) is 152 cm³/mol. The molecule has 0 saturated carbocycles. The summed E-state index contributed by atoms with van der Waals surface area (Å²) in [7, 11) is 3.47. The summed E-state index contributed by atoms with van der Waals surface area (Å²) in [5.74, 6) is 1.79. The number of fused-ring (bicyclic) bond motifs is 6. The number of hydrogen-bond donors (Lipinski definition) is 0. The molecule has 0 aliphatic carbocycles. The fraction of sp³-hybridized carbons (Fsp3) is 0.355. The molecule has 0 spiro atoms. The number of benzene rings is 2. The third-order valence-electron chi connectivity index (χ3n) is 7.86. The molecule has 0 atom stereocenters. The van der Waals surface area contributed by atoms with Crippen LogP contribution in [0, 0.1) is 6.92 Å². The maximum atomic E-state index is 5.56. The van der Waals surface area contributed by atoms with Crippen LogP contribution in [0.4, 0.5) is 0 Å². The quantitative estimate of drug-likeness (QED) is 0.225. The molecule has 190 valence electrons. The highest BCUT2D eigenvalue weighted by molar-refractivity contribution is 6.09. The molecule has 37 heavy (non-hydrogen) atoms. The van der Waals surface area contributed by atoms with Crippen LogP contribution in [0.1, 0.15) is 43.1 Å². The number of aromatic nitrogens is 3. The van der Waals surface area contributed by atoms with Gasteiger partial charge in [0.05, 0.1) is 47.9 Å². The fourth-order valence-corrected chi connectivity index (χ4v) is 6.11. The first-order valence-corrected chi connectivity index (χ1v) is 13.2. The van der Waals surface area contributed by atoms with Crippen molar-refractivity contribution in [3.05, 3.63) is 65.6 Å². The van der Waals surface area contributed by atoms with Crippen molar-refractivity contribution < 1.29 is 9.47 Å². The lowest BCUT2D eigenvalue weighted by Crippen LogP contribution is -2.14. The molecular formula is C31H34N4O2. The summed E-state index contributed by atoms with van der Waals surface area (Å²) in [6.07, 6.45) is 6.26. The van der Waals surface area contributed by atoms with Gasteiger partial charge in [-0.15, -0.1) is 0 Å². The Labute approximate surface area is 217 Å². The van der Waals surface area contributed by atoms with Crippen LogP contribution >= 0.6 is 0 Å². The average Bonchev–Trinajstić information content (AvgIpc) is 3.41. The zero-order valence-electron chi connectivity index (χ0n) is 22.2. The predicted octanol–water partition coefficient (Wildman–Crippen LogP) is 6.71. The van der Waals surface area contributed by atoms with Crippen molar-refractivity contribution in [1.29, 1.82) is 0 Å². The van der Waals surface area contributed by atoms with E-state index in [-0.39, 0.29) is 0 Å². The Morgan fingerprint density at radius 3 is 2.19 bits per heavy atom. The second-order valence-corrected chi connectivity index (χ2v) is 9.97. The normalized spacial score (nSPS) is 13.4. The number of rotatable bonds is 8. The lowest BCUT2D eigenvalue weighted by Gasteiger charge is -2.15. The molecule has 0 unspecified atom stereocenters. The minimum absolute atomic E-state index is 0.877. The van der Waals surface area contributed by atoms with E-state index in [2.05, 4.69) is 64.4 Å². The number of aryl methyl sites for hydroxylation is 3. The zero-order chi connectivity index (χ0) is 25.5. The van der Waals surface area contributed by atoms with Crippen LogP contribution in [0.25, 0.3) is 32.7 Å². The highest BCUT2D eigenvalue weighted by Gasteiger charge is 2.22. The van der Waals surface area contributed by atoms with E-state index in [1.54, 1.807) is 14.2 Å². The highest BCUT2D eigenvalue weighted by Crippen LogP contribution is 2.34. The smallest absolute Gasteiger partial charge is 0.120 e. The monoisotopic (exact) mass is 494 g/mol. The van der Waals surface area contributed by atoms with Crippen LogP contribution in [-0.2, 0) is 19.5 Å². The number of methoxy groups -OCH3 is 2. The minimum Gasteiger partial charge on any atom is -0.497 e. The zero-order valence-corrected chi connectivity index (χ0v) is 22.2. The maximum Gasteiger partial charge on any atom is 0.120 e. The molecule has 0 amide bonds. The largest absolute Gasteiger partial charge is 0.497 e. The molecule has 4 heterocycles. The molecule has 1 aliphatic heterocycles. The van der Waals surface area contributed by atoms with Crippen molar-refractivity contribution in [2.75, 3.05) is 20.8 Å². The Balaban J connectivity index is 1.25. The molecule has 0 saturated heterocycles. The van der Waals surface area contributed by atoms with Gasteiger partial charge in [0.15, 0.2) is 0 Å². The molecule has 3 aromatic heterocycles. The van der Waals surface area contributed by atoms with Crippen LogP contribution in [0.3, 0.4) is 0 Å². The van der Waals surface area contributed by atoms with E-state index in [0.717, 1.165) is 68.2 Å². The number of hydrogen-bond acceptors (Lipinski definition) is 4. The Morgan fingerprint density at radius 2 is 1.46 bits per heavy atom. The molecule has 0 fully saturated rings. The maximum absolute atomic E-state index is 5.56. The van der Waals surface area contributed by atoms with Crippen LogP contribution in [0.5, 0.6) is 11.5 Å². The summed E-state index contributed by atoms with van der Waals surface area (Å²) >= 11 is 0. The van der Waals surface area contributed by atoms with E-state index in [1.807, 2.05) is 12.3 Å². The van der Waals surface area contributed by atoms with E-state index in [1.165, 1.54) is 44.0 Å². The first-order valence-electron chi connectivity index (χ1n) is 13.2. The molecule has 0 N–H and O–H groups in total. The second kappa shape index (κ2) is 9.58. The lowest BCUT2D eigenvalue weighted by atomic mass is 10.0. The van der Waals surface area contributed by atoms with Crippen molar-refractivity contribution in [2.45, 2.75) is 52.6 Å². The average molecular weight is 495 g/mol. The number of aliphatic imine (C=N–C) groups is 1. The van der Waals surface area contributed by atoms with Gasteiger partial charge in [0, 0.05) is 54.1 Å². The van der Waals surface area contributed by atoms with Crippen molar-refractivity contribution in [1.82, 2.24) is 14.1 Å². The fourth-order valence-electron chi connectivity index (χ4n) is 6.11. The Kier molecular flexibility index (Phi) is 6.11. The van der Waals surface area contributed by atoms with Gasteiger partial charge in [-0.2, -0.15) is 0 Å². The van der Waals surface area contributed by atoms with Crippen LogP contribution in [0.15, 0.2) is 53.7 Å². The van der Waals surface area contributed by atoms with Crippen LogP contribution in [-0.4, -0.2) is 40.6 Å². The van der Waals surface area contributed by atoms with Crippen molar-refractivity contribution in [3.8, 4) is 11.5 Å². The van der Waals surface area contributed by atoms with E-state index < -0.39 is 0 Å². The van der Waals surface area contributed by atoms with Gasteiger partial charge in [0.1, 0.15) is 11.5 Å². The molecule has 1 aliphatic rings. The van der Waals surface area contributed by atoms with Gasteiger partial charge in [-0.1, -0.05) is 0 Å². The summed E-state index contributed by atoms with van der Waals surface area (Å²) in [6.45, 7) is 7.07. The van der Waals surface area contributed by atoms with E-state index in [0.29, 0.717) is 0 Å². The molecule has 6 heteroatoms. The molecule has 6 rings (SSSR count). The van der Waals surface area contributed by atoms with Crippen molar-refractivity contribution in [3.63, 3.8) is 0 Å². The number of ether oxygens (including phenoxy) is 2. The highest BCUT2D eigenvalue weighted by atomic mass is 16.5. The number of pyridine rings is 1. The summed E-state index contributed by atoms with van der Waals surface area (Å²) in [4.78, 5) is 9.37. The summed E-state index contributed by atoms with van der Waals surface area (Å²) in [5.41, 5.74) is 8.68. The Morgan fingerprint density at radius 1 is 0.784 bits per heavy atom. The molecule has 5 aromatic rings. The molecule has 0 bridgehead atoms. The second-order valence-electron chi connectivity index (χ2n) is 9.97. The Hall–Kier alpha value is -3.80. The van der Waals surface area contributed by atoms with Gasteiger partial charge in [-0.05, 0) is 75.4 Å². The van der Waals surface area contributed by atoms with Gasteiger partial charge in [0.25, 0.3) is 0 Å². The van der Waals surface area contributed by atoms with E-state index in [4.69, 9.17) is 14.5 Å². The van der Waals surface area contributed by atoms with Gasteiger partial charge in [0.2, 0.25) is 0 Å². The molecular weight excluding hydrogens is 460 g/mol. The molecule has 6 nitrogen and oxygen atoms in total. The van der Waals surface area contributed by atoms with Crippen LogP contribution in [0.2, 0.25) is 0 Å². The minimum atomic E-state index is 0.877. The molecule has 2 aromatic carbocycles. The summed E-state index contributed by atoms with van der Waals surface area (Å²) < 4.78 is 16.0. The lowest BCUT2D eigenvalue weighted by molar-refractivity contribution is 0.415. The SMILES string of the molecule is COc1ccc2c3c(n(CCCCCn4c5cc(OC)ccc5c5ccnc(C)c54)c2c1)C(C)=NCC3. The Bertz CT molecular complexity index is 1660. The van der Waals surface area contributed by atoms with Crippen LogP contribution < -0.4 is 9.47 Å². The van der Waals surface area contributed by atoms with Gasteiger partial charge < -0.3 is 18.6 Å². The van der Waals surface area contributed by atoms with Gasteiger partial charge in [-0.25, -0.2) is 0 Å². The first-order chi connectivity index (χ1) is 18.1. The van der Waals surface area contributed by atoms with Crippen molar-refractivity contribution >= 4 is 38.4 Å². The van der Waals surface area contributed by atoms with Gasteiger partial charge in [-0.3, -0.25) is 9.98 Å². The van der Waals surface area contributed by atoms with Crippen molar-refractivity contribution in [2.24, 2.45) is 4.99 Å².